The van der Waals surface area contributed by atoms with Crippen molar-refractivity contribution < 1.29 is 13.6 Å². The van der Waals surface area contributed by atoms with Gasteiger partial charge in [0.2, 0.25) is 0 Å². The summed E-state index contributed by atoms with van der Waals surface area (Å²) in [4.78, 5) is 22.9. The van der Waals surface area contributed by atoms with Crippen LogP contribution in [0.2, 0.25) is 0 Å². The molecule has 3 aromatic rings. The lowest BCUT2D eigenvalue weighted by molar-refractivity contribution is 0.152. The number of benzene rings is 1. The molecular formula is C29H37F2N9O. The first kappa shape index (κ1) is 27.2. The van der Waals surface area contributed by atoms with E-state index < -0.39 is 6.43 Å². The maximum Gasteiger partial charge on any atom is 0.317 e. The summed E-state index contributed by atoms with van der Waals surface area (Å²) in [6.45, 7) is 3.53. The largest absolute Gasteiger partial charge is 0.363 e. The third-order valence-corrected chi connectivity index (χ3v) is 8.57. The molecule has 0 unspecified atom stereocenters. The van der Waals surface area contributed by atoms with Gasteiger partial charge < -0.3 is 20.0 Å². The number of aryl methyl sites for hydroxylation is 2. The molecule has 218 valence electrons. The quantitative estimate of drug-likeness (QED) is 0.368. The fraction of sp³-hybridized carbons (Fsp3) is 0.517. The Balaban J connectivity index is 1.43. The summed E-state index contributed by atoms with van der Waals surface area (Å²) in [5.74, 6) is 0.779. The zero-order valence-corrected chi connectivity index (χ0v) is 23.9. The number of hydrogen-bond acceptors (Lipinski definition) is 5. The van der Waals surface area contributed by atoms with Crippen LogP contribution < -0.4 is 10.2 Å². The minimum absolute atomic E-state index is 0.00565. The predicted molar refractivity (Wildman–Crippen MR) is 154 cm³/mol. The molecule has 0 aliphatic carbocycles. The van der Waals surface area contributed by atoms with Crippen LogP contribution in [-0.4, -0.2) is 82.0 Å². The molecule has 41 heavy (non-hydrogen) atoms. The number of halogens is 2. The number of carbonyl (C=O) groups excluding carboxylic acids is 1. The van der Waals surface area contributed by atoms with Crippen molar-refractivity contribution in [1.29, 1.82) is 0 Å². The zero-order valence-electron chi connectivity index (χ0n) is 23.9. The molecule has 0 saturated carbocycles. The Kier molecular flexibility index (Phi) is 7.39. The van der Waals surface area contributed by atoms with Crippen LogP contribution in [0.15, 0.2) is 29.5 Å². The number of amides is 2. The molecular weight excluding hydrogens is 528 g/mol. The minimum Gasteiger partial charge on any atom is -0.363 e. The second kappa shape index (κ2) is 11.1. The summed E-state index contributed by atoms with van der Waals surface area (Å²) in [5, 5.41) is 12.2. The molecule has 12 heteroatoms. The second-order valence-corrected chi connectivity index (χ2v) is 11.1. The van der Waals surface area contributed by atoms with E-state index in [0.29, 0.717) is 37.2 Å². The van der Waals surface area contributed by atoms with Crippen molar-refractivity contribution in [3.8, 4) is 11.1 Å². The van der Waals surface area contributed by atoms with Gasteiger partial charge in [-0.3, -0.25) is 14.4 Å². The number of aliphatic imine (C=N–C) groups is 1. The monoisotopic (exact) mass is 565 g/mol. The van der Waals surface area contributed by atoms with Crippen molar-refractivity contribution in [2.24, 2.45) is 12.0 Å². The molecule has 1 fully saturated rings. The lowest BCUT2D eigenvalue weighted by atomic mass is 9.92. The molecule has 1 N–H and O–H groups in total. The van der Waals surface area contributed by atoms with Crippen molar-refractivity contribution in [3.05, 3.63) is 46.9 Å². The van der Waals surface area contributed by atoms with Gasteiger partial charge in [-0.15, -0.1) is 0 Å². The van der Waals surface area contributed by atoms with Gasteiger partial charge in [0.15, 0.2) is 5.82 Å². The highest BCUT2D eigenvalue weighted by molar-refractivity contribution is 5.78. The van der Waals surface area contributed by atoms with Crippen LogP contribution in [0.5, 0.6) is 0 Å². The highest BCUT2D eigenvalue weighted by Gasteiger charge is 2.35. The van der Waals surface area contributed by atoms with E-state index in [2.05, 4.69) is 29.9 Å². The molecule has 1 aromatic carbocycles. The van der Waals surface area contributed by atoms with E-state index in [0.717, 1.165) is 67.1 Å². The number of nitrogens with zero attached hydrogens (tertiary/aromatic N) is 8. The van der Waals surface area contributed by atoms with Gasteiger partial charge in [0.25, 0.3) is 6.43 Å². The maximum atomic E-state index is 14.5. The average molecular weight is 566 g/mol. The van der Waals surface area contributed by atoms with Crippen LogP contribution in [0.1, 0.15) is 54.1 Å². The number of aromatic nitrogens is 4. The lowest BCUT2D eigenvalue weighted by Crippen LogP contribution is -2.42. The van der Waals surface area contributed by atoms with Gasteiger partial charge >= 0.3 is 6.03 Å². The normalized spacial score (nSPS) is 17.9. The van der Waals surface area contributed by atoms with Crippen LogP contribution in [0.4, 0.5) is 25.1 Å². The SMILES string of the molecule is CN=CN1CCC(n2nc(N3CCCc4cc(-c5cnn(C)c5)c(C(F)F)cc43)c3c2CCN(C(=O)NC)C3)CC1. The standard InChI is InChI=1S/C29H37F2N9O/c1-32-18-37-10-6-21(7-11-37)40-25-8-12-38(29(41)33-2)17-24(25)28(35-40)39-9-4-5-19-13-22(20-15-34-36(3)16-20)23(27(30)31)14-26(19)39/h13-16,18,21,27H,4-12,17H2,1-3H3,(H,33,41). The lowest BCUT2D eigenvalue weighted by Gasteiger charge is -2.33. The summed E-state index contributed by atoms with van der Waals surface area (Å²) in [7, 11) is 5.21. The Morgan fingerprint density at radius 3 is 2.66 bits per heavy atom. The topological polar surface area (TPSA) is 86.8 Å². The third kappa shape index (κ3) is 5.04. The summed E-state index contributed by atoms with van der Waals surface area (Å²) < 4.78 is 32.8. The van der Waals surface area contributed by atoms with Crippen LogP contribution in [0.3, 0.4) is 0 Å². The molecule has 3 aliphatic heterocycles. The molecule has 0 spiro atoms. The molecule has 1 saturated heterocycles. The highest BCUT2D eigenvalue weighted by atomic mass is 19.3. The van der Waals surface area contributed by atoms with Crippen LogP contribution in [-0.2, 0) is 26.4 Å². The number of carbonyl (C=O) groups is 1. The minimum atomic E-state index is -2.63. The van der Waals surface area contributed by atoms with Crippen molar-refractivity contribution in [2.75, 3.05) is 45.2 Å². The molecule has 0 radical (unpaired) electrons. The van der Waals surface area contributed by atoms with Gasteiger partial charge in [0, 0.05) is 88.0 Å². The summed E-state index contributed by atoms with van der Waals surface area (Å²) in [6, 6.07) is 3.67. The van der Waals surface area contributed by atoms with E-state index in [-0.39, 0.29) is 17.6 Å². The fourth-order valence-corrected chi connectivity index (χ4v) is 6.55. The van der Waals surface area contributed by atoms with Crippen LogP contribution in [0, 0.1) is 0 Å². The van der Waals surface area contributed by atoms with Gasteiger partial charge in [0.1, 0.15) is 0 Å². The van der Waals surface area contributed by atoms with Crippen molar-refractivity contribution >= 4 is 23.9 Å². The number of nitrogens with one attached hydrogen (secondary N) is 1. The predicted octanol–water partition coefficient (Wildman–Crippen LogP) is 4.30. The molecule has 5 heterocycles. The molecule has 0 bridgehead atoms. The number of rotatable bonds is 5. The molecule has 3 aliphatic rings. The second-order valence-electron chi connectivity index (χ2n) is 11.1. The number of urea groups is 1. The van der Waals surface area contributed by atoms with E-state index in [1.54, 1.807) is 49.2 Å². The van der Waals surface area contributed by atoms with E-state index in [9.17, 15) is 13.6 Å². The van der Waals surface area contributed by atoms with Gasteiger partial charge in [-0.05, 0) is 48.9 Å². The molecule has 2 amide bonds. The summed E-state index contributed by atoms with van der Waals surface area (Å²) in [5.41, 5.74) is 5.16. The Morgan fingerprint density at radius 2 is 1.98 bits per heavy atom. The Bertz CT molecular complexity index is 1450. The van der Waals surface area contributed by atoms with Crippen molar-refractivity contribution in [2.45, 2.75) is 51.1 Å². The van der Waals surface area contributed by atoms with E-state index in [1.807, 2.05) is 12.4 Å². The number of anilines is 2. The van der Waals surface area contributed by atoms with E-state index in [4.69, 9.17) is 5.10 Å². The Morgan fingerprint density at radius 1 is 1.17 bits per heavy atom. The Labute approximate surface area is 238 Å². The van der Waals surface area contributed by atoms with Crippen molar-refractivity contribution in [1.82, 2.24) is 34.7 Å². The van der Waals surface area contributed by atoms with Gasteiger partial charge in [-0.25, -0.2) is 13.6 Å². The Hall–Kier alpha value is -3.96. The zero-order chi connectivity index (χ0) is 28.7. The summed E-state index contributed by atoms with van der Waals surface area (Å²) >= 11 is 0. The number of fused-ring (bicyclic) bond motifs is 2. The smallest absolute Gasteiger partial charge is 0.317 e. The molecule has 6 rings (SSSR count). The van der Waals surface area contributed by atoms with Gasteiger partial charge in [-0.2, -0.15) is 10.2 Å². The summed E-state index contributed by atoms with van der Waals surface area (Å²) in [6.07, 6.45) is 6.94. The van der Waals surface area contributed by atoms with E-state index >= 15 is 0 Å². The first-order chi connectivity index (χ1) is 19.9. The fourth-order valence-electron chi connectivity index (χ4n) is 6.55. The van der Waals surface area contributed by atoms with Gasteiger partial charge in [-0.1, -0.05) is 0 Å². The molecule has 0 atom stereocenters. The highest BCUT2D eigenvalue weighted by Crippen LogP contribution is 2.43. The number of hydrogen-bond donors (Lipinski definition) is 1. The third-order valence-electron chi connectivity index (χ3n) is 8.57. The molecule has 10 nitrogen and oxygen atoms in total. The van der Waals surface area contributed by atoms with Crippen LogP contribution >= 0.6 is 0 Å². The number of alkyl halides is 2. The maximum absolute atomic E-state index is 14.5. The van der Waals surface area contributed by atoms with Crippen LogP contribution in [0.25, 0.3) is 11.1 Å². The van der Waals surface area contributed by atoms with Gasteiger partial charge in [0.05, 0.1) is 25.1 Å². The van der Waals surface area contributed by atoms with E-state index in [1.165, 1.54) is 0 Å². The number of piperidine rings is 1. The van der Waals surface area contributed by atoms with Crippen molar-refractivity contribution in [3.63, 3.8) is 0 Å². The first-order valence-corrected chi connectivity index (χ1v) is 14.3. The first-order valence-electron chi connectivity index (χ1n) is 14.3. The molecule has 2 aromatic heterocycles. The number of likely N-dealkylation sites (tertiary alicyclic amines) is 1. The average Bonchev–Trinajstić information content (AvgIpc) is 3.59.